The molecule has 0 radical (unpaired) electrons. The minimum absolute atomic E-state index is 0.0141. The fourth-order valence-corrected chi connectivity index (χ4v) is 12.2. The van der Waals surface area contributed by atoms with Gasteiger partial charge in [-0.15, -0.1) is 0 Å². The summed E-state index contributed by atoms with van der Waals surface area (Å²) < 4.78 is 46.4. The number of benzene rings is 1. The lowest BCUT2D eigenvalue weighted by Gasteiger charge is -2.29. The largest absolute Gasteiger partial charge is 0.500 e. The first-order chi connectivity index (χ1) is 26.1. The minimum atomic E-state index is -2.73. The fourth-order valence-electron chi connectivity index (χ4n) is 6.12. The number of amides is 4. The van der Waals surface area contributed by atoms with Gasteiger partial charge in [0.1, 0.15) is 0 Å². The number of nitrogens with zero attached hydrogens (tertiary/aromatic N) is 2. The van der Waals surface area contributed by atoms with Gasteiger partial charge in [0.05, 0.1) is 6.61 Å². The molecule has 1 aliphatic rings. The third-order valence-electron chi connectivity index (χ3n) is 9.25. The van der Waals surface area contributed by atoms with Crippen LogP contribution in [0.4, 0.5) is 15.3 Å². The molecule has 54 heavy (non-hydrogen) atoms. The van der Waals surface area contributed by atoms with E-state index in [1.165, 1.54) is 0 Å². The van der Waals surface area contributed by atoms with Gasteiger partial charge in [-0.2, -0.15) is 0 Å². The number of rotatable bonds is 32. The summed E-state index contributed by atoms with van der Waals surface area (Å²) in [7, 11) is -1.07. The van der Waals surface area contributed by atoms with E-state index in [2.05, 4.69) is 27.8 Å². The Morgan fingerprint density at radius 1 is 0.667 bits per heavy atom. The van der Waals surface area contributed by atoms with Crippen LogP contribution in [-0.2, 0) is 42.0 Å². The lowest BCUT2D eigenvalue weighted by molar-refractivity contribution is 0.0702. The van der Waals surface area contributed by atoms with E-state index in [1.807, 2.05) is 54.8 Å². The maximum absolute atomic E-state index is 13.2. The highest BCUT2D eigenvalue weighted by Gasteiger charge is 2.40. The quantitative estimate of drug-likeness (QED) is 0.0617. The number of carbonyl (C=O) groups is 2. The first kappa shape index (κ1) is 48.2. The van der Waals surface area contributed by atoms with Crippen molar-refractivity contribution in [3.63, 3.8) is 0 Å². The van der Waals surface area contributed by atoms with Gasteiger partial charge in [0, 0.05) is 112 Å². The molecule has 0 spiro atoms. The second kappa shape index (κ2) is 26.8. The molecule has 1 atom stereocenters. The smallest absolute Gasteiger partial charge is 0.398 e. The molecule has 1 heterocycles. The first-order valence-corrected chi connectivity index (χ1v) is 25.8. The number of anilines is 1. The zero-order valence-corrected chi connectivity index (χ0v) is 37.2. The maximum Gasteiger partial charge on any atom is 0.500 e. The van der Waals surface area contributed by atoms with Gasteiger partial charge in [-0.25, -0.2) is 9.59 Å². The normalized spacial score (nSPS) is 14.9. The number of carbonyl (C=O) groups excluding carboxylic acids is 2. The van der Waals surface area contributed by atoms with Crippen LogP contribution in [0.1, 0.15) is 45.6 Å². The number of nitrogens with one attached hydrogen (secondary N) is 4. The second-order valence-electron chi connectivity index (χ2n) is 13.0. The number of hydrogen-bond donors (Lipinski definition) is 4. The molecule has 0 bridgehead atoms. The average molecular weight is 819 g/mol. The molecule has 4 amide bonds. The molecule has 1 aromatic rings. The lowest BCUT2D eigenvalue weighted by atomic mass is 10.2. The van der Waals surface area contributed by atoms with E-state index in [-0.39, 0.29) is 12.1 Å². The van der Waals surface area contributed by atoms with Crippen molar-refractivity contribution in [3.8, 4) is 0 Å². The molecule has 19 heteroatoms. The van der Waals surface area contributed by atoms with Gasteiger partial charge in [-0.3, -0.25) is 4.90 Å². The maximum atomic E-state index is 13.2. The standard InChI is InChI=1S/C35H70N6O10Si3/c1-9-48-54(49-10-2,50-11-3)30-14-25-40-26-27-41(35(40)43)33-17-15-32(16-18-33)31-51-52(8,44-4)28-12-19-36-21-23-38-34(42)39-24-22-37-20-13-29-53(45-5,46-6)47-7/h15-18,36-37H,9-14,19-31H2,1-8H3,(H2,38,39,42). The summed E-state index contributed by atoms with van der Waals surface area (Å²) in [6.07, 6.45) is 2.52. The van der Waals surface area contributed by atoms with Crippen molar-refractivity contribution in [2.45, 2.75) is 71.3 Å². The van der Waals surface area contributed by atoms with E-state index in [9.17, 15) is 9.59 Å². The summed E-state index contributed by atoms with van der Waals surface area (Å²) in [4.78, 5) is 29.0. The topological polar surface area (TPSA) is 163 Å². The molecule has 0 aliphatic carbocycles. The van der Waals surface area contributed by atoms with Crippen LogP contribution in [0.5, 0.6) is 0 Å². The second-order valence-corrected chi connectivity index (χ2v) is 22.3. The molecular weight excluding hydrogens is 749 g/mol. The molecule has 0 saturated carbocycles. The monoisotopic (exact) mass is 818 g/mol. The molecular formula is C35H70N6O10Si3. The summed E-state index contributed by atoms with van der Waals surface area (Å²) in [5.41, 5.74) is 1.91. The zero-order chi connectivity index (χ0) is 39.7. The highest BCUT2D eigenvalue weighted by atomic mass is 28.4. The first-order valence-electron chi connectivity index (χ1n) is 19.4. The highest BCUT2D eigenvalue weighted by Crippen LogP contribution is 2.24. The predicted octanol–water partition coefficient (Wildman–Crippen LogP) is 3.74. The fraction of sp³-hybridized carbons (Fsp3) is 0.771. The van der Waals surface area contributed by atoms with Crippen molar-refractivity contribution in [2.75, 3.05) is 112 Å². The van der Waals surface area contributed by atoms with Gasteiger partial charge >= 0.3 is 38.2 Å². The summed E-state index contributed by atoms with van der Waals surface area (Å²) in [5.74, 6) is 0. The van der Waals surface area contributed by atoms with E-state index in [4.69, 9.17) is 35.4 Å². The minimum Gasteiger partial charge on any atom is -0.398 e. The Morgan fingerprint density at radius 2 is 1.20 bits per heavy atom. The van der Waals surface area contributed by atoms with Gasteiger partial charge in [-0.05, 0) is 83.4 Å². The molecule has 0 aromatic heterocycles. The van der Waals surface area contributed by atoms with Crippen LogP contribution >= 0.6 is 0 Å². The van der Waals surface area contributed by atoms with Crippen molar-refractivity contribution in [1.29, 1.82) is 0 Å². The summed E-state index contributed by atoms with van der Waals surface area (Å²) in [5, 5.41) is 12.4. The molecule has 2 rings (SSSR count). The Labute approximate surface area is 327 Å². The van der Waals surface area contributed by atoms with Crippen molar-refractivity contribution >= 4 is 43.9 Å². The molecule has 312 valence electrons. The lowest BCUT2D eigenvalue weighted by Crippen LogP contribution is -2.46. The van der Waals surface area contributed by atoms with Crippen LogP contribution in [0, 0.1) is 0 Å². The van der Waals surface area contributed by atoms with Crippen LogP contribution in [0.15, 0.2) is 24.3 Å². The molecule has 1 aromatic carbocycles. The third kappa shape index (κ3) is 17.0. The van der Waals surface area contributed by atoms with E-state index in [0.29, 0.717) is 78.3 Å². The Kier molecular flexibility index (Phi) is 23.9. The van der Waals surface area contributed by atoms with Gasteiger partial charge in [0.2, 0.25) is 0 Å². The average Bonchev–Trinajstić information content (AvgIpc) is 3.54. The Balaban J connectivity index is 1.61. The Morgan fingerprint density at radius 3 is 1.72 bits per heavy atom. The summed E-state index contributed by atoms with van der Waals surface area (Å²) >= 11 is 0. The van der Waals surface area contributed by atoms with E-state index in [1.54, 1.807) is 28.4 Å². The zero-order valence-electron chi connectivity index (χ0n) is 34.2. The van der Waals surface area contributed by atoms with Gasteiger partial charge in [-0.1, -0.05) is 12.1 Å². The molecule has 1 fully saturated rings. The Hall–Kier alpha value is -1.99. The van der Waals surface area contributed by atoms with Gasteiger partial charge < -0.3 is 61.6 Å². The van der Waals surface area contributed by atoms with Crippen LogP contribution in [-0.4, -0.2) is 150 Å². The molecule has 1 saturated heterocycles. The van der Waals surface area contributed by atoms with Gasteiger partial charge in [0.15, 0.2) is 0 Å². The molecule has 1 aliphatic heterocycles. The van der Waals surface area contributed by atoms with Crippen LogP contribution in [0.25, 0.3) is 0 Å². The number of hydrogen-bond acceptors (Lipinski definition) is 12. The van der Waals surface area contributed by atoms with Crippen molar-refractivity contribution in [1.82, 2.24) is 26.2 Å². The van der Waals surface area contributed by atoms with Crippen molar-refractivity contribution in [2.24, 2.45) is 0 Å². The highest BCUT2D eigenvalue weighted by molar-refractivity contribution is 6.66. The summed E-state index contributed by atoms with van der Waals surface area (Å²) in [6.45, 7) is 16.0. The molecule has 4 N–H and O–H groups in total. The van der Waals surface area contributed by atoms with E-state index >= 15 is 0 Å². The van der Waals surface area contributed by atoms with Gasteiger partial charge in [0.25, 0.3) is 0 Å². The van der Waals surface area contributed by atoms with Crippen molar-refractivity contribution in [3.05, 3.63) is 29.8 Å². The van der Waals surface area contributed by atoms with E-state index < -0.39 is 26.2 Å². The van der Waals surface area contributed by atoms with Crippen LogP contribution < -0.4 is 26.2 Å². The molecule has 1 unspecified atom stereocenters. The summed E-state index contributed by atoms with van der Waals surface area (Å²) in [6, 6.07) is 10.1. The third-order valence-corrected chi connectivity index (χ3v) is 18.1. The number of urea groups is 2. The SMILES string of the molecule is CCO[Si](CCCN1CCN(c2ccc(CO[Si](C)(CCCNCCNC(=O)NCCNCCC[Si](OC)(OC)OC)OC)cc2)C1=O)(OCC)OCC. The van der Waals surface area contributed by atoms with E-state index in [0.717, 1.165) is 55.7 Å². The van der Waals surface area contributed by atoms with Crippen molar-refractivity contribution < 1.29 is 45.0 Å². The van der Waals surface area contributed by atoms with Crippen LogP contribution in [0.3, 0.4) is 0 Å². The van der Waals surface area contributed by atoms with Crippen LogP contribution in [0.2, 0.25) is 24.7 Å². The molecule has 16 nitrogen and oxygen atoms in total. The Bertz CT molecular complexity index is 1150. The predicted molar refractivity (Wildman–Crippen MR) is 217 cm³/mol.